The van der Waals surface area contributed by atoms with Crippen LogP contribution < -0.4 is 9.47 Å². The number of hydrogen-bond acceptors (Lipinski definition) is 6. The third kappa shape index (κ3) is 7.81. The number of aliphatic carboxylic acids is 2. The molecule has 0 aliphatic carbocycles. The molecule has 2 unspecified atom stereocenters. The van der Waals surface area contributed by atoms with E-state index < -0.39 is 24.1 Å². The number of aliphatic hydroxyl groups is 2. The highest BCUT2D eigenvalue weighted by molar-refractivity contribution is 5.72. The zero-order valence-corrected chi connectivity index (χ0v) is 15.7. The van der Waals surface area contributed by atoms with E-state index in [-0.39, 0.29) is 12.8 Å². The summed E-state index contributed by atoms with van der Waals surface area (Å²) in [6.07, 6.45) is -2.13. The first kappa shape index (κ1) is 22.2. The molecule has 0 aliphatic heterocycles. The van der Waals surface area contributed by atoms with Crippen LogP contribution in [0.15, 0.2) is 48.5 Å². The van der Waals surface area contributed by atoms with E-state index in [2.05, 4.69) is 0 Å². The zero-order valence-electron chi connectivity index (χ0n) is 15.7. The number of carboxylic acid groups (broad SMARTS) is 2. The van der Waals surface area contributed by atoms with E-state index in [1.165, 1.54) is 0 Å². The van der Waals surface area contributed by atoms with Crippen LogP contribution in [0.3, 0.4) is 0 Å². The van der Waals surface area contributed by atoms with Gasteiger partial charge in [0.25, 0.3) is 0 Å². The van der Waals surface area contributed by atoms with Crippen molar-refractivity contribution >= 4 is 11.9 Å². The minimum atomic E-state index is -1.42. The monoisotopic (exact) mass is 404 g/mol. The predicted octanol–water partition coefficient (Wildman–Crippen LogP) is 1.51. The van der Waals surface area contributed by atoms with Crippen LogP contribution in [0.1, 0.15) is 17.5 Å². The molecule has 0 aliphatic rings. The second-order valence-corrected chi connectivity index (χ2v) is 6.45. The molecule has 0 saturated heterocycles. The SMILES string of the molecule is O=C(O)C(O)Cc1ccc(OCCCOc2ccc(CC(O)C(=O)O)cc2)cc1. The van der Waals surface area contributed by atoms with E-state index in [0.29, 0.717) is 42.3 Å². The summed E-state index contributed by atoms with van der Waals surface area (Å²) in [5.41, 5.74) is 1.41. The first-order valence-electron chi connectivity index (χ1n) is 9.10. The average Bonchev–Trinajstić information content (AvgIpc) is 2.70. The number of hydrogen-bond donors (Lipinski definition) is 4. The number of carbonyl (C=O) groups is 2. The smallest absolute Gasteiger partial charge is 0.332 e. The molecule has 2 rings (SSSR count). The molecular formula is C21H24O8. The van der Waals surface area contributed by atoms with E-state index in [4.69, 9.17) is 19.7 Å². The van der Waals surface area contributed by atoms with Crippen molar-refractivity contribution in [3.8, 4) is 11.5 Å². The highest BCUT2D eigenvalue weighted by Gasteiger charge is 2.14. The van der Waals surface area contributed by atoms with Crippen molar-refractivity contribution < 1.29 is 39.5 Å². The Labute approximate surface area is 168 Å². The summed E-state index contributed by atoms with van der Waals surface area (Å²) in [7, 11) is 0. The molecule has 2 atom stereocenters. The lowest BCUT2D eigenvalue weighted by Crippen LogP contribution is -2.21. The second-order valence-electron chi connectivity index (χ2n) is 6.45. The first-order valence-corrected chi connectivity index (χ1v) is 9.10. The summed E-state index contributed by atoms with van der Waals surface area (Å²) >= 11 is 0. The normalized spacial score (nSPS) is 12.8. The first-order chi connectivity index (χ1) is 13.8. The molecule has 29 heavy (non-hydrogen) atoms. The van der Waals surface area contributed by atoms with Gasteiger partial charge in [0.1, 0.15) is 11.5 Å². The van der Waals surface area contributed by atoms with E-state index in [9.17, 15) is 19.8 Å². The van der Waals surface area contributed by atoms with E-state index in [1.807, 2.05) is 0 Å². The van der Waals surface area contributed by atoms with Crippen molar-refractivity contribution in [2.75, 3.05) is 13.2 Å². The third-order valence-corrected chi connectivity index (χ3v) is 4.10. The number of aliphatic hydroxyl groups excluding tert-OH is 2. The lowest BCUT2D eigenvalue weighted by Gasteiger charge is -2.10. The van der Waals surface area contributed by atoms with Crippen molar-refractivity contribution in [1.82, 2.24) is 0 Å². The molecule has 8 heteroatoms. The largest absolute Gasteiger partial charge is 0.493 e. The Morgan fingerprint density at radius 3 is 1.34 bits per heavy atom. The second kappa shape index (κ2) is 11.0. The Kier molecular flexibility index (Phi) is 8.45. The molecule has 0 aromatic heterocycles. The maximum Gasteiger partial charge on any atom is 0.332 e. The fraction of sp³-hybridized carbons (Fsp3) is 0.333. The van der Waals surface area contributed by atoms with Crippen molar-refractivity contribution in [3.05, 3.63) is 59.7 Å². The predicted molar refractivity (Wildman–Crippen MR) is 103 cm³/mol. The topological polar surface area (TPSA) is 134 Å². The van der Waals surface area contributed by atoms with Crippen molar-refractivity contribution in [2.45, 2.75) is 31.5 Å². The van der Waals surface area contributed by atoms with Gasteiger partial charge in [-0.2, -0.15) is 0 Å². The molecule has 156 valence electrons. The summed E-state index contributed by atoms with van der Waals surface area (Å²) in [4.78, 5) is 21.3. The van der Waals surface area contributed by atoms with Crippen LogP contribution in [0.4, 0.5) is 0 Å². The van der Waals surface area contributed by atoms with Gasteiger partial charge in [0, 0.05) is 19.3 Å². The summed E-state index contributed by atoms with van der Waals surface area (Å²) < 4.78 is 11.2. The number of benzene rings is 2. The molecule has 0 saturated carbocycles. The van der Waals surface area contributed by atoms with E-state index in [1.54, 1.807) is 48.5 Å². The van der Waals surface area contributed by atoms with Gasteiger partial charge in [0.2, 0.25) is 0 Å². The maximum atomic E-state index is 10.6. The van der Waals surface area contributed by atoms with Gasteiger partial charge in [-0.3, -0.25) is 0 Å². The summed E-state index contributed by atoms with van der Waals surface area (Å²) in [5.74, 6) is -1.23. The van der Waals surface area contributed by atoms with Crippen molar-refractivity contribution in [1.29, 1.82) is 0 Å². The third-order valence-electron chi connectivity index (χ3n) is 4.10. The van der Waals surface area contributed by atoms with Gasteiger partial charge in [-0.25, -0.2) is 9.59 Å². The minimum Gasteiger partial charge on any atom is -0.493 e. The standard InChI is InChI=1S/C21H24O8/c22-18(20(24)25)12-14-2-6-16(7-3-14)28-10-1-11-29-17-8-4-15(5-9-17)13-19(23)21(26)27/h2-9,18-19,22-23H,1,10-13H2,(H,24,25)(H,26,27). The van der Waals surface area contributed by atoms with Gasteiger partial charge < -0.3 is 29.9 Å². The zero-order chi connectivity index (χ0) is 21.2. The van der Waals surface area contributed by atoms with Gasteiger partial charge >= 0.3 is 11.9 Å². The van der Waals surface area contributed by atoms with Crippen LogP contribution in [0, 0.1) is 0 Å². The molecule has 0 amide bonds. The Balaban J connectivity index is 1.66. The highest BCUT2D eigenvalue weighted by Crippen LogP contribution is 2.15. The number of ether oxygens (including phenoxy) is 2. The minimum absolute atomic E-state index is 0.0392. The number of carboxylic acids is 2. The van der Waals surface area contributed by atoms with Gasteiger partial charge in [-0.05, 0) is 35.4 Å². The quantitative estimate of drug-likeness (QED) is 0.391. The molecule has 8 nitrogen and oxygen atoms in total. The summed E-state index contributed by atoms with van der Waals surface area (Å²) in [5, 5.41) is 36.1. The maximum absolute atomic E-state index is 10.6. The van der Waals surface area contributed by atoms with Crippen molar-refractivity contribution in [3.63, 3.8) is 0 Å². The molecule has 2 aromatic carbocycles. The van der Waals surface area contributed by atoms with Crippen LogP contribution in [-0.2, 0) is 22.4 Å². The molecule has 0 spiro atoms. The van der Waals surface area contributed by atoms with Crippen LogP contribution >= 0.6 is 0 Å². The molecular weight excluding hydrogens is 380 g/mol. The van der Waals surface area contributed by atoms with Crippen LogP contribution in [0.2, 0.25) is 0 Å². The molecule has 0 bridgehead atoms. The molecule has 0 fully saturated rings. The van der Waals surface area contributed by atoms with E-state index >= 15 is 0 Å². The van der Waals surface area contributed by atoms with Crippen LogP contribution in [0.5, 0.6) is 11.5 Å². The molecule has 0 radical (unpaired) electrons. The Hall–Kier alpha value is -3.10. The van der Waals surface area contributed by atoms with Gasteiger partial charge in [-0.15, -0.1) is 0 Å². The fourth-order valence-electron chi connectivity index (χ4n) is 2.50. The molecule has 0 heterocycles. The van der Waals surface area contributed by atoms with E-state index in [0.717, 1.165) is 0 Å². The van der Waals surface area contributed by atoms with Crippen LogP contribution in [0.25, 0.3) is 0 Å². The van der Waals surface area contributed by atoms with Gasteiger partial charge in [0.15, 0.2) is 12.2 Å². The fourth-order valence-corrected chi connectivity index (χ4v) is 2.50. The molecule has 4 N–H and O–H groups in total. The average molecular weight is 404 g/mol. The summed E-state index contributed by atoms with van der Waals surface area (Å²) in [6.45, 7) is 0.861. The van der Waals surface area contributed by atoms with Crippen molar-refractivity contribution in [2.24, 2.45) is 0 Å². The Morgan fingerprint density at radius 1 is 0.690 bits per heavy atom. The number of rotatable bonds is 12. The van der Waals surface area contributed by atoms with Crippen LogP contribution in [-0.4, -0.2) is 57.8 Å². The highest BCUT2D eigenvalue weighted by atomic mass is 16.5. The molecule has 2 aromatic rings. The Bertz CT molecular complexity index is 718. The lowest BCUT2D eigenvalue weighted by molar-refractivity contribution is -0.147. The summed E-state index contributed by atoms with van der Waals surface area (Å²) in [6, 6.07) is 13.7. The van der Waals surface area contributed by atoms with Gasteiger partial charge in [-0.1, -0.05) is 24.3 Å². The Morgan fingerprint density at radius 2 is 1.03 bits per heavy atom. The van der Waals surface area contributed by atoms with Gasteiger partial charge in [0.05, 0.1) is 13.2 Å². The lowest BCUT2D eigenvalue weighted by atomic mass is 10.1.